The molecule has 200 valence electrons. The number of aliphatic hydroxyl groups excluding tert-OH is 1. The Morgan fingerprint density at radius 1 is 1.25 bits per heavy atom. The van der Waals surface area contributed by atoms with Crippen LogP contribution < -0.4 is 10.6 Å². The molecule has 4 N–H and O–H groups in total. The molecule has 2 aliphatic heterocycles. The number of carboxylic acids is 1. The van der Waals surface area contributed by atoms with Gasteiger partial charge in [-0.25, -0.2) is 0 Å². The quantitative estimate of drug-likeness (QED) is 0.187. The normalized spacial score (nSPS) is 28.2. The third kappa shape index (κ3) is 6.73. The highest BCUT2D eigenvalue weighted by Crippen LogP contribution is 2.34. The fourth-order valence-electron chi connectivity index (χ4n) is 5.21. The van der Waals surface area contributed by atoms with Crippen LogP contribution in [0.25, 0.3) is 0 Å². The summed E-state index contributed by atoms with van der Waals surface area (Å²) in [5.41, 5.74) is 0. The summed E-state index contributed by atoms with van der Waals surface area (Å²) >= 11 is 0. The summed E-state index contributed by atoms with van der Waals surface area (Å²) in [6, 6.07) is -2.50. The average Bonchev–Trinajstić information content (AvgIpc) is 3.49. The minimum Gasteiger partial charge on any atom is -0.494 e. The van der Waals surface area contributed by atoms with Crippen LogP contribution in [0, 0.1) is 17.8 Å². The van der Waals surface area contributed by atoms with Crippen LogP contribution in [0.4, 0.5) is 0 Å². The van der Waals surface area contributed by atoms with Gasteiger partial charge in [0.25, 0.3) is 0 Å². The molecule has 10 heteroatoms. The lowest BCUT2D eigenvalue weighted by Gasteiger charge is -2.34. The van der Waals surface area contributed by atoms with Crippen LogP contribution in [0.1, 0.15) is 59.3 Å². The third-order valence-corrected chi connectivity index (χ3v) is 7.27. The molecule has 36 heavy (non-hydrogen) atoms. The molecule has 0 bridgehead atoms. The van der Waals surface area contributed by atoms with E-state index in [0.29, 0.717) is 25.7 Å². The first kappa shape index (κ1) is 27.9. The molecule has 0 aromatic rings. The van der Waals surface area contributed by atoms with E-state index in [0.717, 1.165) is 25.0 Å². The number of carbonyl (C=O) groups excluding carboxylic acids is 3. The largest absolute Gasteiger partial charge is 0.494 e. The van der Waals surface area contributed by atoms with Gasteiger partial charge in [0.1, 0.15) is 24.7 Å². The van der Waals surface area contributed by atoms with Gasteiger partial charge in [-0.3, -0.25) is 19.7 Å². The van der Waals surface area contributed by atoms with Gasteiger partial charge < -0.3 is 30.0 Å². The fourth-order valence-corrected chi connectivity index (χ4v) is 5.21. The number of aldehydes is 1. The molecule has 0 saturated carbocycles. The number of ether oxygens (including phenoxy) is 1. The second-order valence-electron chi connectivity index (χ2n) is 10.3. The predicted octanol–water partition coefficient (Wildman–Crippen LogP) is 1.34. The number of aliphatic hydroxyl groups is 1. The Labute approximate surface area is 212 Å². The second kappa shape index (κ2) is 12.5. The van der Waals surface area contributed by atoms with Crippen molar-refractivity contribution in [3.05, 3.63) is 24.0 Å². The molecule has 1 fully saturated rings. The van der Waals surface area contributed by atoms with E-state index < -0.39 is 42.7 Å². The smallest absolute Gasteiger partial charge is 0.305 e. The third-order valence-electron chi connectivity index (χ3n) is 7.27. The van der Waals surface area contributed by atoms with Crippen LogP contribution in [0.3, 0.4) is 0 Å². The number of nitrogens with one attached hydrogen (secondary N) is 2. The van der Waals surface area contributed by atoms with Gasteiger partial charge in [-0.15, -0.1) is 0 Å². The molecule has 3 aliphatic rings. The van der Waals surface area contributed by atoms with Gasteiger partial charge >= 0.3 is 5.97 Å². The van der Waals surface area contributed by atoms with Crippen LogP contribution in [0.2, 0.25) is 0 Å². The molecule has 2 amide bonds. The average molecular weight is 506 g/mol. The van der Waals surface area contributed by atoms with Crippen LogP contribution >= 0.6 is 0 Å². The van der Waals surface area contributed by atoms with Crippen LogP contribution in [-0.4, -0.2) is 76.2 Å². The predicted molar refractivity (Wildman–Crippen MR) is 131 cm³/mol. The highest BCUT2D eigenvalue weighted by Gasteiger charge is 2.41. The summed E-state index contributed by atoms with van der Waals surface area (Å²) in [6.45, 7) is 5.95. The van der Waals surface area contributed by atoms with Gasteiger partial charge in [0.05, 0.1) is 30.2 Å². The lowest BCUT2D eigenvalue weighted by molar-refractivity contribution is -0.142. The van der Waals surface area contributed by atoms with Crippen molar-refractivity contribution in [2.75, 3.05) is 6.54 Å². The number of carboxylic acid groups (broad SMARTS) is 1. The highest BCUT2D eigenvalue weighted by molar-refractivity contribution is 5.90. The zero-order chi connectivity index (χ0) is 26.4. The van der Waals surface area contributed by atoms with Crippen LogP contribution in [-0.2, 0) is 23.9 Å². The van der Waals surface area contributed by atoms with Crippen LogP contribution in [0.15, 0.2) is 24.0 Å². The summed E-state index contributed by atoms with van der Waals surface area (Å²) in [7, 11) is 0. The molecule has 2 heterocycles. The molecule has 1 saturated heterocycles. The molecule has 1 aliphatic carbocycles. The van der Waals surface area contributed by atoms with Crippen molar-refractivity contribution in [3.63, 3.8) is 0 Å². The number of allylic oxidation sites excluding steroid dienone is 3. The Balaban J connectivity index is 1.67. The summed E-state index contributed by atoms with van der Waals surface area (Å²) in [5, 5.41) is 25.2. The summed E-state index contributed by atoms with van der Waals surface area (Å²) in [5.74, 6) is -1.33. The van der Waals surface area contributed by atoms with E-state index in [-0.39, 0.29) is 29.8 Å². The molecular formula is C26H39N3O7. The molecular weight excluding hydrogens is 466 g/mol. The molecule has 0 radical (unpaired) electrons. The highest BCUT2D eigenvalue weighted by atomic mass is 16.5. The number of amides is 2. The lowest BCUT2D eigenvalue weighted by Crippen LogP contribution is -2.58. The van der Waals surface area contributed by atoms with E-state index in [1.807, 2.05) is 26.8 Å². The van der Waals surface area contributed by atoms with Crippen molar-refractivity contribution in [2.45, 2.75) is 89.8 Å². The maximum absolute atomic E-state index is 13.5. The first-order chi connectivity index (χ1) is 17.1. The SMILES string of the molecule is CC(C)C(NC(=O)C1C=C(C2CC=CCC2)OC1C)C(=O)N1CCCC1C(O)NC(C=O)CC(=O)O. The van der Waals surface area contributed by atoms with Crippen molar-refractivity contribution < 1.29 is 34.1 Å². The standard InChI is InChI=1S/C26H39N3O7/c1-15(2)23(28-24(33)19-13-21(36-16(19)3)17-8-5-4-6-9-17)26(35)29-11-7-10-20(29)25(34)27-18(14-30)12-22(31)32/h4-5,13-20,23,25,27,34H,6-12H2,1-3H3,(H,28,33)(H,31,32). The zero-order valence-electron chi connectivity index (χ0n) is 21.3. The Hall–Kier alpha value is -2.72. The van der Waals surface area contributed by atoms with Crippen molar-refractivity contribution in [2.24, 2.45) is 17.8 Å². The molecule has 3 rings (SSSR count). The zero-order valence-corrected chi connectivity index (χ0v) is 21.3. The van der Waals surface area contributed by atoms with Gasteiger partial charge in [0.15, 0.2) is 0 Å². The Morgan fingerprint density at radius 2 is 2.00 bits per heavy atom. The molecule has 7 atom stereocenters. The van der Waals surface area contributed by atoms with Gasteiger partial charge in [-0.05, 0) is 51.0 Å². The van der Waals surface area contributed by atoms with Crippen molar-refractivity contribution in [1.29, 1.82) is 0 Å². The molecule has 0 spiro atoms. The Bertz CT molecular complexity index is 887. The van der Waals surface area contributed by atoms with E-state index in [1.54, 1.807) is 0 Å². The van der Waals surface area contributed by atoms with Gasteiger partial charge in [-0.2, -0.15) is 0 Å². The van der Waals surface area contributed by atoms with Crippen LogP contribution in [0.5, 0.6) is 0 Å². The van der Waals surface area contributed by atoms with E-state index in [1.165, 1.54) is 4.90 Å². The maximum atomic E-state index is 13.5. The van der Waals surface area contributed by atoms with Crippen molar-refractivity contribution in [3.8, 4) is 0 Å². The van der Waals surface area contributed by atoms with E-state index in [2.05, 4.69) is 22.8 Å². The van der Waals surface area contributed by atoms with Gasteiger partial charge in [0, 0.05) is 12.5 Å². The second-order valence-corrected chi connectivity index (χ2v) is 10.3. The summed E-state index contributed by atoms with van der Waals surface area (Å²) < 4.78 is 6.02. The molecule has 0 aromatic heterocycles. The van der Waals surface area contributed by atoms with E-state index in [9.17, 15) is 24.3 Å². The molecule has 7 unspecified atom stereocenters. The van der Waals surface area contributed by atoms with E-state index in [4.69, 9.17) is 9.84 Å². The number of hydrogen-bond donors (Lipinski definition) is 4. The number of nitrogens with zero attached hydrogens (tertiary/aromatic N) is 1. The number of hydrogen-bond acceptors (Lipinski definition) is 7. The number of likely N-dealkylation sites (tertiary alicyclic amines) is 1. The summed E-state index contributed by atoms with van der Waals surface area (Å²) in [6.07, 6.45) is 8.56. The number of aliphatic carboxylic acids is 1. The number of carbonyl (C=O) groups is 4. The first-order valence-electron chi connectivity index (χ1n) is 12.9. The Kier molecular flexibility index (Phi) is 9.67. The van der Waals surface area contributed by atoms with Crippen molar-refractivity contribution >= 4 is 24.1 Å². The summed E-state index contributed by atoms with van der Waals surface area (Å²) in [4.78, 5) is 50.5. The number of rotatable bonds is 11. The Morgan fingerprint density at radius 3 is 2.61 bits per heavy atom. The monoisotopic (exact) mass is 505 g/mol. The van der Waals surface area contributed by atoms with E-state index >= 15 is 0 Å². The molecule has 0 aromatic carbocycles. The minimum absolute atomic E-state index is 0.202. The lowest BCUT2D eigenvalue weighted by atomic mass is 9.91. The minimum atomic E-state index is -1.27. The van der Waals surface area contributed by atoms with Gasteiger partial charge in [0.2, 0.25) is 11.8 Å². The van der Waals surface area contributed by atoms with Crippen molar-refractivity contribution in [1.82, 2.24) is 15.5 Å². The molecule has 10 nitrogen and oxygen atoms in total. The fraction of sp³-hybridized carbons (Fsp3) is 0.692. The van der Waals surface area contributed by atoms with Gasteiger partial charge in [-0.1, -0.05) is 26.0 Å². The topological polar surface area (TPSA) is 145 Å². The first-order valence-corrected chi connectivity index (χ1v) is 12.9. The maximum Gasteiger partial charge on any atom is 0.305 e.